The van der Waals surface area contributed by atoms with Crippen molar-refractivity contribution in [2.45, 2.75) is 33.6 Å². The number of halogens is 1. The van der Waals surface area contributed by atoms with Crippen LogP contribution in [0.2, 0.25) is 5.15 Å². The van der Waals surface area contributed by atoms with Crippen LogP contribution in [0, 0.1) is 6.92 Å². The number of hydrogen-bond donors (Lipinski definition) is 1. The summed E-state index contributed by atoms with van der Waals surface area (Å²) in [4.78, 5) is 16.5. The first-order valence-electron chi connectivity index (χ1n) is 7.48. The zero-order valence-corrected chi connectivity index (χ0v) is 14.1. The fourth-order valence-electron chi connectivity index (χ4n) is 2.14. The van der Waals surface area contributed by atoms with E-state index < -0.39 is 5.97 Å². The van der Waals surface area contributed by atoms with Gasteiger partial charge in [0.2, 0.25) is 0 Å². The van der Waals surface area contributed by atoms with Crippen LogP contribution < -0.4 is 5.32 Å². The van der Waals surface area contributed by atoms with Crippen LogP contribution in [0.1, 0.15) is 42.0 Å². The highest BCUT2D eigenvalue weighted by molar-refractivity contribution is 6.29. The Morgan fingerprint density at radius 1 is 1.26 bits per heavy atom. The fraction of sp³-hybridized carbons (Fsp3) is 0.375. The Morgan fingerprint density at radius 3 is 2.74 bits per heavy atom. The van der Waals surface area contributed by atoms with Gasteiger partial charge in [-0.1, -0.05) is 24.9 Å². The number of esters is 1. The molecule has 122 valence electrons. The van der Waals surface area contributed by atoms with E-state index in [-0.39, 0.29) is 17.5 Å². The van der Waals surface area contributed by atoms with Crippen LogP contribution in [0.15, 0.2) is 18.2 Å². The topological polar surface area (TPSA) is 77.0 Å². The van der Waals surface area contributed by atoms with Gasteiger partial charge in [0.05, 0.1) is 12.3 Å². The first kappa shape index (κ1) is 17.1. The third kappa shape index (κ3) is 4.63. The Labute approximate surface area is 140 Å². The van der Waals surface area contributed by atoms with Gasteiger partial charge in [-0.3, -0.25) is 0 Å². The number of carbonyl (C=O) groups excluding carboxylic acids is 1. The van der Waals surface area contributed by atoms with Gasteiger partial charge in [0.1, 0.15) is 5.82 Å². The Morgan fingerprint density at radius 2 is 2.04 bits per heavy atom. The second-order valence-corrected chi connectivity index (χ2v) is 5.43. The molecule has 0 aliphatic heterocycles. The van der Waals surface area contributed by atoms with Crippen LogP contribution in [0.3, 0.4) is 0 Å². The summed E-state index contributed by atoms with van der Waals surface area (Å²) in [6.45, 7) is 6.08. The molecule has 0 saturated carbocycles. The van der Waals surface area contributed by atoms with Crippen molar-refractivity contribution in [2.24, 2.45) is 0 Å². The molecule has 0 aliphatic rings. The minimum absolute atomic E-state index is 0.0802. The maximum atomic E-state index is 12.0. The summed E-state index contributed by atoms with van der Waals surface area (Å²) in [6, 6.07) is 5.46. The van der Waals surface area contributed by atoms with E-state index >= 15 is 0 Å². The first-order chi connectivity index (χ1) is 11.0. The van der Waals surface area contributed by atoms with E-state index in [1.165, 1.54) is 6.07 Å². The molecular formula is C16H19ClN4O2. The molecule has 0 amide bonds. The van der Waals surface area contributed by atoms with Gasteiger partial charge in [-0.15, -0.1) is 10.2 Å². The van der Waals surface area contributed by atoms with Gasteiger partial charge in [0.25, 0.3) is 0 Å². The minimum Gasteiger partial charge on any atom is -0.461 e. The summed E-state index contributed by atoms with van der Waals surface area (Å²) in [5.41, 5.74) is 2.57. The van der Waals surface area contributed by atoms with Crippen molar-refractivity contribution in [3.8, 4) is 0 Å². The third-order valence-corrected chi connectivity index (χ3v) is 3.21. The van der Waals surface area contributed by atoms with Gasteiger partial charge in [-0.05, 0) is 38.0 Å². The molecule has 2 aromatic heterocycles. The average Bonchev–Trinajstić information content (AvgIpc) is 2.47. The number of hydrogen-bond acceptors (Lipinski definition) is 6. The second kappa shape index (κ2) is 7.87. The molecule has 0 spiro atoms. The van der Waals surface area contributed by atoms with E-state index in [9.17, 15) is 4.79 Å². The predicted molar refractivity (Wildman–Crippen MR) is 89.3 cm³/mol. The average molecular weight is 335 g/mol. The molecule has 2 heterocycles. The maximum Gasteiger partial charge on any atom is 0.361 e. The van der Waals surface area contributed by atoms with E-state index in [0.29, 0.717) is 11.5 Å². The number of pyridine rings is 1. The summed E-state index contributed by atoms with van der Waals surface area (Å²) < 4.78 is 4.99. The predicted octanol–water partition coefficient (Wildman–Crippen LogP) is 3.71. The Balaban J connectivity index is 2.35. The van der Waals surface area contributed by atoms with Crippen molar-refractivity contribution in [1.82, 2.24) is 15.2 Å². The normalized spacial score (nSPS) is 10.4. The van der Waals surface area contributed by atoms with Gasteiger partial charge in [0, 0.05) is 11.8 Å². The molecule has 0 bridgehead atoms. The highest BCUT2D eigenvalue weighted by atomic mass is 35.5. The number of aryl methyl sites for hydroxylation is 2. The molecule has 7 heteroatoms. The van der Waals surface area contributed by atoms with Gasteiger partial charge in [-0.2, -0.15) is 0 Å². The molecule has 0 fully saturated rings. The lowest BCUT2D eigenvalue weighted by Crippen LogP contribution is -2.12. The molecule has 0 aromatic carbocycles. The van der Waals surface area contributed by atoms with Crippen LogP contribution in [0.25, 0.3) is 0 Å². The van der Waals surface area contributed by atoms with Gasteiger partial charge < -0.3 is 10.1 Å². The highest BCUT2D eigenvalue weighted by Gasteiger charge is 2.17. The van der Waals surface area contributed by atoms with E-state index in [1.54, 1.807) is 6.92 Å². The number of anilines is 2. The number of nitrogens with one attached hydrogen (secondary N) is 1. The Bertz CT molecular complexity index is 706. The molecular weight excluding hydrogens is 316 g/mol. The molecule has 2 rings (SSSR count). The summed E-state index contributed by atoms with van der Waals surface area (Å²) >= 11 is 5.89. The number of carbonyl (C=O) groups is 1. The van der Waals surface area contributed by atoms with Gasteiger partial charge in [-0.25, -0.2) is 9.78 Å². The van der Waals surface area contributed by atoms with Crippen LogP contribution in [0.4, 0.5) is 11.5 Å². The maximum absolute atomic E-state index is 12.0. The van der Waals surface area contributed by atoms with Crippen molar-refractivity contribution < 1.29 is 9.53 Å². The minimum atomic E-state index is -0.555. The standard InChI is InChI=1S/C16H19ClN4O2/c1-4-6-11-7-10(3)8-14(18-11)19-12-9-13(17)20-21-15(12)16(22)23-5-2/h7-9H,4-6H2,1-3H3,(H,18,19,20). The summed E-state index contributed by atoms with van der Waals surface area (Å²) in [7, 11) is 0. The summed E-state index contributed by atoms with van der Waals surface area (Å²) in [6.07, 6.45) is 1.89. The molecule has 2 aromatic rings. The fourth-order valence-corrected chi connectivity index (χ4v) is 2.29. The van der Waals surface area contributed by atoms with E-state index in [4.69, 9.17) is 16.3 Å². The van der Waals surface area contributed by atoms with E-state index in [1.807, 2.05) is 19.1 Å². The van der Waals surface area contributed by atoms with Crippen LogP contribution in [0.5, 0.6) is 0 Å². The first-order valence-corrected chi connectivity index (χ1v) is 7.86. The summed E-state index contributed by atoms with van der Waals surface area (Å²) in [5, 5.41) is 10.8. The Hall–Kier alpha value is -2.21. The second-order valence-electron chi connectivity index (χ2n) is 5.05. The zero-order chi connectivity index (χ0) is 16.8. The van der Waals surface area contributed by atoms with E-state index in [2.05, 4.69) is 27.4 Å². The lowest BCUT2D eigenvalue weighted by atomic mass is 10.2. The number of ether oxygens (including phenoxy) is 1. The van der Waals surface area contributed by atoms with Gasteiger partial charge >= 0.3 is 5.97 Å². The van der Waals surface area contributed by atoms with Crippen molar-refractivity contribution >= 4 is 29.1 Å². The molecule has 0 saturated heterocycles. The largest absolute Gasteiger partial charge is 0.461 e. The van der Waals surface area contributed by atoms with E-state index in [0.717, 1.165) is 24.1 Å². The smallest absolute Gasteiger partial charge is 0.361 e. The van der Waals surface area contributed by atoms with Crippen molar-refractivity contribution in [1.29, 1.82) is 0 Å². The van der Waals surface area contributed by atoms with Crippen LogP contribution in [-0.4, -0.2) is 27.8 Å². The molecule has 1 N–H and O–H groups in total. The molecule has 0 radical (unpaired) electrons. The Kier molecular flexibility index (Phi) is 5.87. The number of nitrogens with zero attached hydrogens (tertiary/aromatic N) is 3. The SMILES string of the molecule is CCCc1cc(C)cc(Nc2cc(Cl)nnc2C(=O)OCC)n1. The van der Waals surface area contributed by atoms with Crippen molar-refractivity contribution in [3.05, 3.63) is 40.3 Å². The van der Waals surface area contributed by atoms with Crippen molar-refractivity contribution in [2.75, 3.05) is 11.9 Å². The van der Waals surface area contributed by atoms with Crippen LogP contribution >= 0.6 is 11.6 Å². The third-order valence-electron chi connectivity index (χ3n) is 3.02. The zero-order valence-electron chi connectivity index (χ0n) is 13.4. The summed E-state index contributed by atoms with van der Waals surface area (Å²) in [5.74, 6) is 0.0728. The number of aromatic nitrogens is 3. The quantitative estimate of drug-likeness (QED) is 0.811. The molecule has 6 nitrogen and oxygen atoms in total. The molecule has 23 heavy (non-hydrogen) atoms. The molecule has 0 unspecified atom stereocenters. The highest BCUT2D eigenvalue weighted by Crippen LogP contribution is 2.22. The number of rotatable bonds is 6. The van der Waals surface area contributed by atoms with Crippen LogP contribution in [-0.2, 0) is 11.2 Å². The van der Waals surface area contributed by atoms with Crippen molar-refractivity contribution in [3.63, 3.8) is 0 Å². The molecule has 0 aliphatic carbocycles. The monoisotopic (exact) mass is 334 g/mol. The molecule has 0 atom stereocenters. The van der Waals surface area contributed by atoms with Gasteiger partial charge in [0.15, 0.2) is 10.8 Å². The lowest BCUT2D eigenvalue weighted by molar-refractivity contribution is 0.0519. The lowest BCUT2D eigenvalue weighted by Gasteiger charge is -2.11.